The quantitative estimate of drug-likeness (QED) is 0.584. The summed E-state index contributed by atoms with van der Waals surface area (Å²) in [5.41, 5.74) is 3.05. The number of fused-ring (bicyclic) bond motifs is 1. The van der Waals surface area contributed by atoms with E-state index in [2.05, 4.69) is 71.0 Å². The third-order valence-electron chi connectivity index (χ3n) is 3.40. The lowest BCUT2D eigenvalue weighted by Gasteiger charge is -2.19. The summed E-state index contributed by atoms with van der Waals surface area (Å²) in [6, 6.07) is 13.6. The Morgan fingerprint density at radius 1 is 0.833 bits per heavy atom. The Bertz CT molecular complexity index is 527. The molecular weight excluding hydrogens is 216 g/mol. The average Bonchev–Trinajstić information content (AvgIpc) is 2.26. The van der Waals surface area contributed by atoms with Gasteiger partial charge in [-0.15, -0.1) is 0 Å². The van der Waals surface area contributed by atoms with Crippen molar-refractivity contribution in [3.05, 3.63) is 47.5 Å². The second-order valence-corrected chi connectivity index (χ2v) is 6.23. The van der Waals surface area contributed by atoms with Crippen molar-refractivity contribution in [2.45, 2.75) is 53.4 Å². The van der Waals surface area contributed by atoms with Crippen LogP contribution in [0.25, 0.3) is 10.8 Å². The van der Waals surface area contributed by atoms with Crippen LogP contribution >= 0.6 is 0 Å². The average molecular weight is 242 g/mol. The zero-order chi connectivity index (χ0) is 12.6. The molecule has 18 heavy (non-hydrogen) atoms. The van der Waals surface area contributed by atoms with Gasteiger partial charge in [-0.1, -0.05) is 78.4 Å². The number of hydrogen-bond acceptors (Lipinski definition) is 0. The van der Waals surface area contributed by atoms with Crippen LogP contribution in [0.1, 0.15) is 59.1 Å². The van der Waals surface area contributed by atoms with Crippen molar-refractivity contribution in [1.29, 1.82) is 0 Å². The molecule has 0 unspecified atom stereocenters. The molecule has 0 aliphatic heterocycles. The number of rotatable bonds is 1. The fourth-order valence-electron chi connectivity index (χ4n) is 2.09. The lowest BCUT2D eigenvalue weighted by molar-refractivity contribution is 0.591. The van der Waals surface area contributed by atoms with E-state index in [0.29, 0.717) is 5.92 Å². The predicted octanol–water partition coefficient (Wildman–Crippen LogP) is 5.90. The highest BCUT2D eigenvalue weighted by molar-refractivity contribution is 5.84. The van der Waals surface area contributed by atoms with Crippen LogP contribution in [0.3, 0.4) is 0 Å². The summed E-state index contributed by atoms with van der Waals surface area (Å²) >= 11 is 0. The summed E-state index contributed by atoms with van der Waals surface area (Å²) in [5, 5.41) is 2.70. The molecule has 0 heteroatoms. The van der Waals surface area contributed by atoms with Crippen molar-refractivity contribution < 1.29 is 0 Å². The van der Waals surface area contributed by atoms with Crippen molar-refractivity contribution in [3.8, 4) is 0 Å². The molecule has 0 saturated carbocycles. The Kier molecular flexibility index (Phi) is 4.21. The minimum Gasteiger partial charge on any atom is -0.0776 e. The summed E-state index contributed by atoms with van der Waals surface area (Å²) in [5.74, 6) is 0.595. The third-order valence-corrected chi connectivity index (χ3v) is 3.40. The SMILES string of the molecule is C.CC(C)c1ccc2ccc(C(C)(C)C)cc2c1. The summed E-state index contributed by atoms with van der Waals surface area (Å²) in [6.45, 7) is 11.3. The van der Waals surface area contributed by atoms with E-state index in [4.69, 9.17) is 0 Å². The van der Waals surface area contributed by atoms with Crippen LogP contribution in [0.4, 0.5) is 0 Å². The lowest BCUT2D eigenvalue weighted by atomic mass is 9.85. The van der Waals surface area contributed by atoms with Gasteiger partial charge < -0.3 is 0 Å². The minimum atomic E-state index is 0. The smallest absolute Gasteiger partial charge is 0.0132 e. The molecule has 0 saturated heterocycles. The maximum Gasteiger partial charge on any atom is -0.0132 e. The van der Waals surface area contributed by atoms with Crippen LogP contribution in [0.2, 0.25) is 0 Å². The Morgan fingerprint density at radius 3 is 2.00 bits per heavy atom. The zero-order valence-corrected chi connectivity index (χ0v) is 11.5. The molecule has 0 atom stereocenters. The second-order valence-electron chi connectivity index (χ2n) is 6.23. The molecule has 0 aliphatic rings. The highest BCUT2D eigenvalue weighted by atomic mass is 14.2. The van der Waals surface area contributed by atoms with Gasteiger partial charge in [0.15, 0.2) is 0 Å². The molecule has 0 N–H and O–H groups in total. The van der Waals surface area contributed by atoms with Gasteiger partial charge in [0.2, 0.25) is 0 Å². The Balaban J connectivity index is 0.00000162. The highest BCUT2D eigenvalue weighted by Crippen LogP contribution is 2.28. The molecule has 2 aromatic rings. The second kappa shape index (κ2) is 5.14. The normalized spacial score (nSPS) is 11.7. The van der Waals surface area contributed by atoms with E-state index in [0.717, 1.165) is 0 Å². The van der Waals surface area contributed by atoms with Gasteiger partial charge >= 0.3 is 0 Å². The first-order valence-corrected chi connectivity index (χ1v) is 6.42. The molecule has 0 fully saturated rings. The fraction of sp³-hybridized carbons (Fsp3) is 0.444. The number of hydrogen-bond donors (Lipinski definition) is 0. The molecule has 0 heterocycles. The molecule has 0 aromatic heterocycles. The standard InChI is InChI=1S/C17H22.CH4/c1-12(2)14-7-6-13-8-9-16(17(3,4)5)11-15(13)10-14;/h6-12H,1-5H3;1H4. The summed E-state index contributed by atoms with van der Waals surface area (Å²) in [7, 11) is 0. The van der Waals surface area contributed by atoms with Crippen LogP contribution < -0.4 is 0 Å². The Morgan fingerprint density at radius 2 is 1.44 bits per heavy atom. The summed E-state index contributed by atoms with van der Waals surface area (Å²) in [4.78, 5) is 0. The number of benzene rings is 2. The molecule has 0 bridgehead atoms. The molecular formula is C18H26. The highest BCUT2D eigenvalue weighted by Gasteiger charge is 2.13. The van der Waals surface area contributed by atoms with Gasteiger partial charge in [0.05, 0.1) is 0 Å². The van der Waals surface area contributed by atoms with E-state index < -0.39 is 0 Å². The zero-order valence-electron chi connectivity index (χ0n) is 11.5. The van der Waals surface area contributed by atoms with Crippen LogP contribution in [0.5, 0.6) is 0 Å². The van der Waals surface area contributed by atoms with Gasteiger partial charge in [0.25, 0.3) is 0 Å². The summed E-state index contributed by atoms with van der Waals surface area (Å²) in [6.07, 6.45) is 0. The van der Waals surface area contributed by atoms with Gasteiger partial charge in [-0.05, 0) is 33.2 Å². The van der Waals surface area contributed by atoms with Crippen molar-refractivity contribution in [1.82, 2.24) is 0 Å². The third kappa shape index (κ3) is 2.93. The Hall–Kier alpha value is -1.30. The molecule has 98 valence electrons. The fourth-order valence-corrected chi connectivity index (χ4v) is 2.09. The van der Waals surface area contributed by atoms with E-state index in [1.807, 2.05) is 0 Å². The van der Waals surface area contributed by atoms with Crippen molar-refractivity contribution in [2.75, 3.05) is 0 Å². The molecule has 2 aromatic carbocycles. The molecule has 0 aliphatic carbocycles. The first-order valence-electron chi connectivity index (χ1n) is 6.42. The predicted molar refractivity (Wildman–Crippen MR) is 83.5 cm³/mol. The largest absolute Gasteiger partial charge is 0.0776 e. The molecule has 0 nitrogen and oxygen atoms in total. The van der Waals surface area contributed by atoms with Gasteiger partial charge in [0, 0.05) is 0 Å². The van der Waals surface area contributed by atoms with Gasteiger partial charge in [-0.25, -0.2) is 0 Å². The van der Waals surface area contributed by atoms with Gasteiger partial charge in [-0.3, -0.25) is 0 Å². The Labute approximate surface area is 112 Å². The molecule has 0 amide bonds. The van der Waals surface area contributed by atoms with Crippen molar-refractivity contribution in [3.63, 3.8) is 0 Å². The monoisotopic (exact) mass is 242 g/mol. The van der Waals surface area contributed by atoms with E-state index in [-0.39, 0.29) is 12.8 Å². The van der Waals surface area contributed by atoms with E-state index in [1.54, 1.807) is 0 Å². The van der Waals surface area contributed by atoms with Gasteiger partial charge in [0.1, 0.15) is 0 Å². The van der Waals surface area contributed by atoms with Crippen molar-refractivity contribution in [2.24, 2.45) is 0 Å². The van der Waals surface area contributed by atoms with Gasteiger partial charge in [-0.2, -0.15) is 0 Å². The van der Waals surface area contributed by atoms with Crippen LogP contribution in [-0.4, -0.2) is 0 Å². The molecule has 2 rings (SSSR count). The summed E-state index contributed by atoms with van der Waals surface area (Å²) < 4.78 is 0. The maximum absolute atomic E-state index is 2.33. The van der Waals surface area contributed by atoms with Crippen molar-refractivity contribution >= 4 is 10.8 Å². The van der Waals surface area contributed by atoms with E-state index in [9.17, 15) is 0 Å². The van der Waals surface area contributed by atoms with Crippen LogP contribution in [0.15, 0.2) is 36.4 Å². The topological polar surface area (TPSA) is 0 Å². The van der Waals surface area contributed by atoms with Crippen LogP contribution in [-0.2, 0) is 5.41 Å². The van der Waals surface area contributed by atoms with Crippen LogP contribution in [0, 0.1) is 0 Å². The first kappa shape index (κ1) is 14.8. The van der Waals surface area contributed by atoms with E-state index in [1.165, 1.54) is 21.9 Å². The molecule has 0 radical (unpaired) electrons. The molecule has 0 spiro atoms. The van der Waals surface area contributed by atoms with E-state index >= 15 is 0 Å². The minimum absolute atomic E-state index is 0. The maximum atomic E-state index is 2.33. The first-order chi connectivity index (χ1) is 7.88. The lowest BCUT2D eigenvalue weighted by Crippen LogP contribution is -2.10.